The van der Waals surface area contributed by atoms with Crippen LogP contribution in [0.25, 0.3) is 11.3 Å². The summed E-state index contributed by atoms with van der Waals surface area (Å²) in [5, 5.41) is 33.8. The van der Waals surface area contributed by atoms with E-state index in [0.717, 1.165) is 0 Å². The van der Waals surface area contributed by atoms with Crippen LogP contribution in [0.1, 0.15) is 28.7 Å². The molecule has 9 nitrogen and oxygen atoms in total. The van der Waals surface area contributed by atoms with Gasteiger partial charge in [0.15, 0.2) is 5.43 Å². The number of pyridine rings is 1. The van der Waals surface area contributed by atoms with Crippen molar-refractivity contribution >= 4 is 34.9 Å². The average Bonchev–Trinajstić information content (AvgIpc) is 3.03. The van der Waals surface area contributed by atoms with Gasteiger partial charge in [-0.2, -0.15) is 10.3 Å². The van der Waals surface area contributed by atoms with Crippen molar-refractivity contribution < 1.29 is 20.3 Å². The second kappa shape index (κ2) is 8.58. The van der Waals surface area contributed by atoms with E-state index in [1.807, 2.05) is 0 Å². The predicted octanol–water partition coefficient (Wildman–Crippen LogP) is 2.50. The van der Waals surface area contributed by atoms with Gasteiger partial charge in [-0.25, -0.2) is 10.0 Å². The summed E-state index contributed by atoms with van der Waals surface area (Å²) in [6, 6.07) is 5.84. The third-order valence-corrected chi connectivity index (χ3v) is 5.36. The average molecular weight is 453 g/mol. The van der Waals surface area contributed by atoms with E-state index in [2.05, 4.69) is 5.10 Å². The van der Waals surface area contributed by atoms with Crippen molar-refractivity contribution in [2.75, 3.05) is 0 Å². The number of carboxylic acid groups (broad SMARTS) is 1. The van der Waals surface area contributed by atoms with Crippen molar-refractivity contribution in [1.82, 2.24) is 14.3 Å². The van der Waals surface area contributed by atoms with Crippen LogP contribution in [0.15, 0.2) is 35.3 Å². The summed E-state index contributed by atoms with van der Waals surface area (Å²) in [5.41, 5.74) is 0.395. The Morgan fingerprint density at radius 1 is 1.27 bits per heavy atom. The van der Waals surface area contributed by atoms with Gasteiger partial charge >= 0.3 is 5.97 Å². The molecule has 3 aromatic rings. The second-order valence-electron chi connectivity index (χ2n) is 6.53. The summed E-state index contributed by atoms with van der Waals surface area (Å²) >= 11 is 12.1. The number of halogens is 2. The number of nitrogens with zero attached hydrogens (tertiary/aromatic N) is 3. The molecule has 158 valence electrons. The highest BCUT2D eigenvalue weighted by molar-refractivity contribution is 6.42. The van der Waals surface area contributed by atoms with E-state index < -0.39 is 16.6 Å². The number of carboxylic acids is 1. The van der Waals surface area contributed by atoms with Crippen molar-refractivity contribution in [2.45, 2.75) is 26.9 Å². The van der Waals surface area contributed by atoms with Crippen molar-refractivity contribution in [3.8, 4) is 11.3 Å². The van der Waals surface area contributed by atoms with Crippen molar-refractivity contribution in [3.05, 3.63) is 72.9 Å². The minimum absolute atomic E-state index is 0.0484. The Hall–Kier alpha value is -2.69. The van der Waals surface area contributed by atoms with Gasteiger partial charge < -0.3 is 14.9 Å². The van der Waals surface area contributed by atoms with E-state index in [0.29, 0.717) is 28.5 Å². The number of quaternary nitrogens is 1. The lowest BCUT2D eigenvalue weighted by atomic mass is 10.0. The lowest BCUT2D eigenvalue weighted by Crippen LogP contribution is -2.99. The summed E-state index contributed by atoms with van der Waals surface area (Å²) in [6.45, 7) is 3.79. The molecule has 30 heavy (non-hydrogen) atoms. The van der Waals surface area contributed by atoms with Gasteiger partial charge in [0.25, 0.3) is 0 Å². The fraction of sp³-hybridized carbons (Fsp3) is 0.211. The molecule has 0 aliphatic rings. The van der Waals surface area contributed by atoms with Crippen molar-refractivity contribution in [3.63, 3.8) is 0 Å². The molecule has 0 fully saturated rings. The molecule has 0 bridgehead atoms. The lowest BCUT2D eigenvalue weighted by Gasteiger charge is -2.20. The highest BCUT2D eigenvalue weighted by Crippen LogP contribution is 2.30. The Balaban J connectivity index is 2.24. The molecule has 1 unspecified atom stereocenters. The summed E-state index contributed by atoms with van der Waals surface area (Å²) in [6.07, 6.45) is 1.37. The summed E-state index contributed by atoms with van der Waals surface area (Å²) in [4.78, 5) is 24.6. The minimum atomic E-state index is -1.36. The number of hydrogen-bond donors (Lipinski definition) is 3. The van der Waals surface area contributed by atoms with E-state index in [9.17, 15) is 25.1 Å². The zero-order valence-corrected chi connectivity index (χ0v) is 17.5. The normalized spacial score (nSPS) is 12.2. The number of hydrogen-bond acceptors (Lipinski definition) is 5. The largest absolute Gasteiger partial charge is 0.595 e. The molecule has 0 aliphatic carbocycles. The van der Waals surface area contributed by atoms with E-state index in [1.54, 1.807) is 24.5 Å². The van der Waals surface area contributed by atoms with Crippen LogP contribution in [0.5, 0.6) is 0 Å². The topological polar surface area (TPSA) is 125 Å². The summed E-state index contributed by atoms with van der Waals surface area (Å²) in [7, 11) is 0. The van der Waals surface area contributed by atoms with Gasteiger partial charge in [-0.1, -0.05) is 29.3 Å². The first-order valence-electron chi connectivity index (χ1n) is 8.86. The van der Waals surface area contributed by atoms with Crippen LogP contribution in [0.3, 0.4) is 0 Å². The smallest absolute Gasteiger partial charge is 0.341 e. The molecule has 0 aliphatic heterocycles. The molecule has 0 spiro atoms. The third kappa shape index (κ3) is 4.11. The van der Waals surface area contributed by atoms with Crippen LogP contribution in [-0.4, -0.2) is 30.6 Å². The van der Waals surface area contributed by atoms with Gasteiger partial charge in [-0.05, 0) is 26.0 Å². The van der Waals surface area contributed by atoms with E-state index in [4.69, 9.17) is 23.2 Å². The first kappa shape index (κ1) is 22.0. The quantitative estimate of drug-likeness (QED) is 0.493. The summed E-state index contributed by atoms with van der Waals surface area (Å²) in [5.74, 6) is -1.36. The molecule has 0 radical (unpaired) electrons. The Kier molecular flexibility index (Phi) is 6.30. The SMILES string of the molecule is CCn1c(Cn2cc([NH+]([O-])O)c(C)n2)cc(=O)c(C(=O)O)c1-c1ccc(Cl)c(Cl)c1. The predicted molar refractivity (Wildman–Crippen MR) is 111 cm³/mol. The molecule has 3 rings (SSSR count). The van der Waals surface area contributed by atoms with Gasteiger partial charge in [0.1, 0.15) is 11.3 Å². The monoisotopic (exact) mass is 452 g/mol. The van der Waals surface area contributed by atoms with Crippen LogP contribution in [0.2, 0.25) is 10.0 Å². The Labute approximate surface area is 180 Å². The van der Waals surface area contributed by atoms with E-state index in [1.165, 1.54) is 29.1 Å². The highest BCUT2D eigenvalue weighted by Gasteiger charge is 2.23. The second-order valence-corrected chi connectivity index (χ2v) is 7.35. The number of benzene rings is 1. The number of aryl methyl sites for hydroxylation is 1. The molecule has 0 saturated heterocycles. The number of carbonyl (C=O) groups is 1. The molecule has 3 N–H and O–H groups in total. The van der Waals surface area contributed by atoms with Gasteiger partial charge in [0, 0.05) is 23.9 Å². The molecule has 0 amide bonds. The molecule has 0 saturated carbocycles. The maximum atomic E-state index is 12.7. The van der Waals surface area contributed by atoms with Crippen molar-refractivity contribution in [1.29, 1.82) is 0 Å². The molecule has 1 atom stereocenters. The maximum absolute atomic E-state index is 12.7. The number of nitrogens with one attached hydrogen (secondary N) is 1. The van der Waals surface area contributed by atoms with Gasteiger partial charge in [-0.3, -0.25) is 9.48 Å². The van der Waals surface area contributed by atoms with E-state index in [-0.39, 0.29) is 28.5 Å². The third-order valence-electron chi connectivity index (χ3n) is 4.62. The van der Waals surface area contributed by atoms with Gasteiger partial charge in [0.2, 0.25) is 5.69 Å². The van der Waals surface area contributed by atoms with Crippen LogP contribution < -0.4 is 10.7 Å². The zero-order valence-electron chi connectivity index (χ0n) is 16.0. The maximum Gasteiger partial charge on any atom is 0.341 e. The first-order chi connectivity index (χ1) is 14.1. The van der Waals surface area contributed by atoms with Crippen LogP contribution in [0, 0.1) is 12.1 Å². The minimum Gasteiger partial charge on any atom is -0.595 e. The van der Waals surface area contributed by atoms with Gasteiger partial charge in [-0.15, -0.1) is 0 Å². The Morgan fingerprint density at radius 2 is 1.97 bits per heavy atom. The number of rotatable bonds is 6. The van der Waals surface area contributed by atoms with E-state index >= 15 is 0 Å². The van der Waals surface area contributed by atoms with Crippen molar-refractivity contribution in [2.24, 2.45) is 0 Å². The van der Waals surface area contributed by atoms with Crippen LogP contribution in [-0.2, 0) is 13.1 Å². The Morgan fingerprint density at radius 3 is 2.50 bits per heavy atom. The molecular formula is C19H18Cl2N4O5. The Bertz CT molecular complexity index is 1190. The lowest BCUT2D eigenvalue weighted by molar-refractivity contribution is -0.991. The number of aromatic nitrogens is 3. The molecule has 11 heteroatoms. The van der Waals surface area contributed by atoms with Gasteiger partial charge in [0.05, 0.1) is 28.5 Å². The zero-order chi connectivity index (χ0) is 22.2. The molecule has 2 aromatic heterocycles. The molecule has 2 heterocycles. The fourth-order valence-electron chi connectivity index (χ4n) is 3.31. The number of aromatic carboxylic acids is 1. The molecule has 1 aromatic carbocycles. The van der Waals surface area contributed by atoms with Crippen LogP contribution >= 0.6 is 23.2 Å². The first-order valence-corrected chi connectivity index (χ1v) is 9.62. The fourth-order valence-corrected chi connectivity index (χ4v) is 3.61. The molecular weight excluding hydrogens is 435 g/mol. The highest BCUT2D eigenvalue weighted by atomic mass is 35.5. The summed E-state index contributed by atoms with van der Waals surface area (Å²) < 4.78 is 3.07. The van der Waals surface area contributed by atoms with Crippen LogP contribution in [0.4, 0.5) is 5.69 Å². The standard InChI is InChI=1S/C19H18Cl2N4O5/c1-3-24-12(8-23-9-15(25(29)30)10(2)22-23)7-16(26)17(19(27)28)18(24)11-4-5-13(20)14(21)6-11/h4-7,9,25,29H,3,8H2,1-2H3,(H,27,28).